The molecular weight excluding hydrogens is 1350 g/mol. The molecule has 3 unspecified atom stereocenters. The van der Waals surface area contributed by atoms with Crippen molar-refractivity contribution in [2.75, 3.05) is 39.6 Å². The Bertz CT molecular complexity index is 2090. The summed E-state index contributed by atoms with van der Waals surface area (Å²) in [6.45, 7) is 9.66. The van der Waals surface area contributed by atoms with Crippen molar-refractivity contribution >= 4 is 39.5 Å². The number of unbranched alkanes of at least 4 members (excludes halogenated alkanes) is 48. The molecule has 19 heteroatoms. The Balaban J connectivity index is 5.27. The Labute approximate surface area is 637 Å². The van der Waals surface area contributed by atoms with Gasteiger partial charge >= 0.3 is 39.5 Å². The van der Waals surface area contributed by atoms with Crippen LogP contribution in [0.15, 0.2) is 24.3 Å². The van der Waals surface area contributed by atoms with Crippen LogP contribution in [-0.2, 0) is 65.4 Å². The van der Waals surface area contributed by atoms with E-state index >= 15 is 0 Å². The molecule has 0 spiro atoms. The third-order valence-corrected chi connectivity index (χ3v) is 21.6. The quantitative estimate of drug-likeness (QED) is 0.0169. The Morgan fingerprint density at radius 3 is 0.865 bits per heavy atom. The minimum Gasteiger partial charge on any atom is -0.462 e. The van der Waals surface area contributed by atoms with Crippen molar-refractivity contribution in [3.05, 3.63) is 24.3 Å². The van der Waals surface area contributed by atoms with Crippen molar-refractivity contribution in [3.63, 3.8) is 0 Å². The van der Waals surface area contributed by atoms with Crippen molar-refractivity contribution in [1.29, 1.82) is 0 Å². The largest absolute Gasteiger partial charge is 0.472 e. The van der Waals surface area contributed by atoms with E-state index in [0.717, 1.165) is 121 Å². The fourth-order valence-electron chi connectivity index (χ4n) is 12.7. The van der Waals surface area contributed by atoms with Gasteiger partial charge in [0.1, 0.15) is 19.3 Å². The summed E-state index contributed by atoms with van der Waals surface area (Å²) >= 11 is 0. The zero-order valence-corrected chi connectivity index (χ0v) is 69.6. The Morgan fingerprint density at radius 1 is 0.317 bits per heavy atom. The molecule has 6 atom stereocenters. The molecule has 3 N–H and O–H groups in total. The molecule has 0 radical (unpaired) electrons. The normalized spacial score (nSPS) is 14.2. The highest BCUT2D eigenvalue weighted by molar-refractivity contribution is 7.47. The maximum atomic E-state index is 13.1. The number of carbonyl (C=O) groups excluding carboxylic acids is 4. The first-order chi connectivity index (χ1) is 50.4. The van der Waals surface area contributed by atoms with Crippen LogP contribution in [0.4, 0.5) is 0 Å². The monoisotopic (exact) mass is 1520 g/mol. The van der Waals surface area contributed by atoms with E-state index in [2.05, 4.69) is 65.8 Å². The number of ether oxygens (including phenoxy) is 4. The molecule has 104 heavy (non-hydrogen) atoms. The predicted molar refractivity (Wildman–Crippen MR) is 427 cm³/mol. The van der Waals surface area contributed by atoms with Crippen LogP contribution in [-0.4, -0.2) is 96.7 Å². The first-order valence-electron chi connectivity index (χ1n) is 43.3. The summed E-state index contributed by atoms with van der Waals surface area (Å²) < 4.78 is 68.8. The maximum Gasteiger partial charge on any atom is 0.472 e. The van der Waals surface area contributed by atoms with Crippen molar-refractivity contribution in [3.8, 4) is 0 Å². The van der Waals surface area contributed by atoms with Gasteiger partial charge in [-0.05, 0) is 63.2 Å². The summed E-state index contributed by atoms with van der Waals surface area (Å²) in [6.07, 6.45) is 70.1. The number of phosphoric acid groups is 2. The van der Waals surface area contributed by atoms with Gasteiger partial charge in [0.05, 0.1) is 26.4 Å². The van der Waals surface area contributed by atoms with E-state index in [1.807, 2.05) is 0 Å². The molecule has 0 aromatic heterocycles. The smallest absolute Gasteiger partial charge is 0.462 e. The first-order valence-corrected chi connectivity index (χ1v) is 46.3. The van der Waals surface area contributed by atoms with Gasteiger partial charge in [-0.15, -0.1) is 0 Å². The van der Waals surface area contributed by atoms with E-state index in [-0.39, 0.29) is 25.7 Å². The standard InChI is InChI=1S/C85H162O17P2/c1-7-10-12-14-16-18-20-22-27-32-38-44-50-56-62-68-83(88)96-73-80(101-84(89)69-63-57-51-45-39-33-29-26-24-23-25-28-31-36-42-48-54-60-66-78(6)9-3)75-99-103(91,92)97-71-79(86)72-98-104(93,94)100-76-81(74-95-82(87)67-61-55-49-43-37-30-21-19-17-15-13-11-8-2)102-85(90)70-64-58-52-46-40-34-35-41-47-53-59-65-77(4)5/h18,20,22,27,77-81,86H,7-17,19,21,23-26,28-76H2,1-6H3,(H,91,92)(H,93,94)/b20-18-,27-22-/t78?,79-,80-,81-/m1/s1. The first kappa shape index (κ1) is 102. The van der Waals surface area contributed by atoms with Gasteiger partial charge in [0.25, 0.3) is 0 Å². The lowest BCUT2D eigenvalue weighted by Crippen LogP contribution is -2.30. The highest BCUT2D eigenvalue weighted by atomic mass is 31.2. The molecule has 0 aliphatic heterocycles. The third-order valence-electron chi connectivity index (χ3n) is 19.7. The lowest BCUT2D eigenvalue weighted by atomic mass is 9.99. The fourth-order valence-corrected chi connectivity index (χ4v) is 14.3. The highest BCUT2D eigenvalue weighted by Gasteiger charge is 2.30. The van der Waals surface area contributed by atoms with Gasteiger partial charge < -0.3 is 33.8 Å². The Kier molecular flexibility index (Phi) is 74.1. The SMILES string of the molecule is CCCCCC/C=C\C=C/CCCCCCCC(=O)OC[C@H](COP(=O)(O)OC[C@@H](O)COP(=O)(O)OC[C@@H](COC(=O)CCCCCCCCCCCCCCC)OC(=O)CCCCCCCCCCCCCC(C)C)OC(=O)CCCCCCCCCCCCCCCCCCCCC(C)CC. The number of carbonyl (C=O) groups is 4. The average Bonchev–Trinajstić information content (AvgIpc) is 0.911. The Morgan fingerprint density at radius 2 is 0.567 bits per heavy atom. The van der Waals surface area contributed by atoms with Crippen LogP contribution in [0.5, 0.6) is 0 Å². The van der Waals surface area contributed by atoms with E-state index in [9.17, 15) is 43.2 Å². The summed E-state index contributed by atoms with van der Waals surface area (Å²) in [5.41, 5.74) is 0. The van der Waals surface area contributed by atoms with Crippen LogP contribution in [0, 0.1) is 11.8 Å². The average molecular weight is 1520 g/mol. The zero-order chi connectivity index (χ0) is 76.4. The molecule has 17 nitrogen and oxygen atoms in total. The van der Waals surface area contributed by atoms with Gasteiger partial charge in [-0.3, -0.25) is 37.3 Å². The molecule has 0 fully saturated rings. The van der Waals surface area contributed by atoms with Crippen LogP contribution in [0.25, 0.3) is 0 Å². The lowest BCUT2D eigenvalue weighted by Gasteiger charge is -2.21. The van der Waals surface area contributed by atoms with Crippen LogP contribution in [0.2, 0.25) is 0 Å². The minimum atomic E-state index is -4.97. The van der Waals surface area contributed by atoms with E-state index in [1.165, 1.54) is 225 Å². The molecule has 0 saturated heterocycles. The van der Waals surface area contributed by atoms with Gasteiger partial charge in [-0.25, -0.2) is 9.13 Å². The molecule has 0 aromatic carbocycles. The highest BCUT2D eigenvalue weighted by Crippen LogP contribution is 2.45. The number of aliphatic hydroxyl groups is 1. The number of rotatable bonds is 82. The van der Waals surface area contributed by atoms with Gasteiger partial charge in [-0.1, -0.05) is 374 Å². The molecular formula is C85H162O17P2. The van der Waals surface area contributed by atoms with Gasteiger partial charge in [0.2, 0.25) is 0 Å². The molecule has 0 aliphatic rings. The topological polar surface area (TPSA) is 237 Å². The van der Waals surface area contributed by atoms with Crippen LogP contribution in [0.3, 0.4) is 0 Å². The molecule has 0 heterocycles. The summed E-state index contributed by atoms with van der Waals surface area (Å²) in [5, 5.41) is 10.7. The van der Waals surface area contributed by atoms with Gasteiger partial charge in [0, 0.05) is 25.7 Å². The number of aliphatic hydroxyl groups excluding tert-OH is 1. The molecule has 0 bridgehead atoms. The maximum absolute atomic E-state index is 13.1. The van der Waals surface area contributed by atoms with Crippen LogP contribution >= 0.6 is 15.6 Å². The molecule has 0 aromatic rings. The van der Waals surface area contributed by atoms with Crippen molar-refractivity contribution in [2.24, 2.45) is 11.8 Å². The molecule has 0 amide bonds. The molecule has 0 saturated carbocycles. The predicted octanol–water partition coefficient (Wildman–Crippen LogP) is 25.4. The van der Waals surface area contributed by atoms with Crippen molar-refractivity contribution < 1.29 is 80.2 Å². The number of esters is 4. The summed E-state index contributed by atoms with van der Waals surface area (Å²) in [4.78, 5) is 73.2. The summed E-state index contributed by atoms with van der Waals surface area (Å²) in [7, 11) is -9.94. The van der Waals surface area contributed by atoms with Crippen molar-refractivity contribution in [1.82, 2.24) is 0 Å². The number of hydrogen-bond donors (Lipinski definition) is 3. The fraction of sp³-hybridized carbons (Fsp3) is 0.906. The van der Waals surface area contributed by atoms with Crippen LogP contribution in [0.1, 0.15) is 427 Å². The second-order valence-corrected chi connectivity index (χ2v) is 33.5. The zero-order valence-electron chi connectivity index (χ0n) is 67.8. The summed E-state index contributed by atoms with van der Waals surface area (Å²) in [6, 6.07) is 0. The van der Waals surface area contributed by atoms with Crippen LogP contribution < -0.4 is 0 Å². The molecule has 0 rings (SSSR count). The third kappa shape index (κ3) is 76.3. The summed E-state index contributed by atoms with van der Waals surface area (Å²) in [5.74, 6) is -0.500. The van der Waals surface area contributed by atoms with Gasteiger partial charge in [0.15, 0.2) is 12.2 Å². The Hall–Kier alpha value is -2.46. The minimum absolute atomic E-state index is 0.102. The number of hydrogen-bond acceptors (Lipinski definition) is 15. The second kappa shape index (κ2) is 75.9. The molecule has 0 aliphatic carbocycles. The lowest BCUT2D eigenvalue weighted by molar-refractivity contribution is -0.161. The van der Waals surface area contributed by atoms with E-state index < -0.39 is 97.5 Å². The van der Waals surface area contributed by atoms with E-state index in [1.54, 1.807) is 0 Å². The van der Waals surface area contributed by atoms with E-state index in [0.29, 0.717) is 25.7 Å². The second-order valence-electron chi connectivity index (χ2n) is 30.6. The van der Waals surface area contributed by atoms with Gasteiger partial charge in [-0.2, -0.15) is 0 Å². The number of allylic oxidation sites excluding steroid dienone is 4. The number of phosphoric ester groups is 2. The van der Waals surface area contributed by atoms with Crippen molar-refractivity contribution in [2.45, 2.75) is 445 Å². The molecule has 614 valence electrons. The van der Waals surface area contributed by atoms with E-state index in [4.69, 9.17) is 37.0 Å².